The number of ether oxygens (including phenoxy) is 1. The van der Waals surface area contributed by atoms with Crippen LogP contribution in [0.15, 0.2) is 77.7 Å². The number of aromatic nitrogens is 1. The minimum atomic E-state index is -0.311. The van der Waals surface area contributed by atoms with Crippen LogP contribution < -0.4 is 9.64 Å². The number of amides is 1. The lowest BCUT2D eigenvalue weighted by molar-refractivity contribution is -0.116. The highest BCUT2D eigenvalue weighted by Gasteiger charge is 2.20. The summed E-state index contributed by atoms with van der Waals surface area (Å²) < 4.78 is 19.5. The van der Waals surface area contributed by atoms with Crippen molar-refractivity contribution in [2.45, 2.75) is 11.4 Å². The van der Waals surface area contributed by atoms with Gasteiger partial charge in [-0.05, 0) is 48.0 Å². The molecule has 4 nitrogen and oxygen atoms in total. The quantitative estimate of drug-likeness (QED) is 0.344. The number of anilines is 1. The fourth-order valence-corrected chi connectivity index (χ4v) is 4.71. The van der Waals surface area contributed by atoms with E-state index >= 15 is 0 Å². The van der Waals surface area contributed by atoms with E-state index in [1.807, 2.05) is 54.6 Å². The van der Waals surface area contributed by atoms with Crippen LogP contribution in [-0.4, -0.2) is 23.8 Å². The first kappa shape index (κ1) is 20.4. The third-order valence-corrected chi connectivity index (χ3v) is 6.51. The summed E-state index contributed by atoms with van der Waals surface area (Å²) in [5.74, 6) is 0.676. The van der Waals surface area contributed by atoms with Gasteiger partial charge in [0, 0.05) is 4.90 Å². The van der Waals surface area contributed by atoms with E-state index in [0.717, 1.165) is 20.9 Å². The van der Waals surface area contributed by atoms with Crippen LogP contribution >= 0.6 is 23.1 Å². The van der Waals surface area contributed by atoms with E-state index in [-0.39, 0.29) is 17.5 Å². The lowest BCUT2D eigenvalue weighted by atomic mass is 10.2. The number of benzene rings is 3. The van der Waals surface area contributed by atoms with Crippen molar-refractivity contribution < 1.29 is 13.9 Å². The minimum absolute atomic E-state index is 0.0563. The van der Waals surface area contributed by atoms with E-state index in [4.69, 9.17) is 4.74 Å². The van der Waals surface area contributed by atoms with Crippen molar-refractivity contribution in [2.24, 2.45) is 0 Å². The van der Waals surface area contributed by atoms with Crippen LogP contribution in [0.2, 0.25) is 0 Å². The maximum absolute atomic E-state index is 13.6. The van der Waals surface area contributed by atoms with Gasteiger partial charge >= 0.3 is 0 Å². The Hall–Kier alpha value is -2.90. The summed E-state index contributed by atoms with van der Waals surface area (Å²) in [5, 5.41) is 0.569. The molecule has 0 aliphatic rings. The number of thiazole rings is 1. The second kappa shape index (κ2) is 9.28. The molecule has 152 valence electrons. The first-order valence-electron chi connectivity index (χ1n) is 9.29. The van der Waals surface area contributed by atoms with E-state index < -0.39 is 0 Å². The lowest BCUT2D eigenvalue weighted by Crippen LogP contribution is -2.31. The largest absolute Gasteiger partial charge is 0.497 e. The second-order valence-electron chi connectivity index (χ2n) is 6.54. The predicted molar refractivity (Wildman–Crippen MR) is 121 cm³/mol. The Labute approximate surface area is 182 Å². The topological polar surface area (TPSA) is 42.4 Å². The molecule has 0 radical (unpaired) electrons. The van der Waals surface area contributed by atoms with Crippen LogP contribution in [0.25, 0.3) is 10.2 Å². The van der Waals surface area contributed by atoms with E-state index in [1.165, 1.54) is 35.2 Å². The van der Waals surface area contributed by atoms with Crippen LogP contribution in [-0.2, 0) is 11.3 Å². The second-order valence-corrected chi connectivity index (χ2v) is 8.60. The van der Waals surface area contributed by atoms with Crippen LogP contribution in [0.4, 0.5) is 9.52 Å². The maximum atomic E-state index is 13.6. The minimum Gasteiger partial charge on any atom is -0.497 e. The molecule has 30 heavy (non-hydrogen) atoms. The number of methoxy groups -OCH3 is 1. The van der Waals surface area contributed by atoms with Crippen LogP contribution in [0, 0.1) is 5.82 Å². The van der Waals surface area contributed by atoms with Crippen molar-refractivity contribution in [1.29, 1.82) is 0 Å². The Morgan fingerprint density at radius 2 is 1.87 bits per heavy atom. The number of nitrogens with zero attached hydrogens (tertiary/aromatic N) is 2. The molecule has 4 rings (SSSR count). The Kier molecular flexibility index (Phi) is 6.30. The fourth-order valence-electron chi connectivity index (χ4n) is 2.93. The Morgan fingerprint density at radius 1 is 1.10 bits per heavy atom. The molecule has 0 spiro atoms. The Bertz CT molecular complexity index is 1150. The smallest absolute Gasteiger partial charge is 0.239 e. The van der Waals surface area contributed by atoms with E-state index in [0.29, 0.717) is 17.2 Å². The molecule has 7 heteroatoms. The highest BCUT2D eigenvalue weighted by atomic mass is 32.2. The SMILES string of the molecule is COc1ccc(SCC(=O)N(Cc2ccccc2)c2nc3ccc(F)cc3s2)cc1. The fraction of sp³-hybridized carbons (Fsp3) is 0.130. The average Bonchev–Trinajstić information content (AvgIpc) is 3.19. The summed E-state index contributed by atoms with van der Waals surface area (Å²) in [6.07, 6.45) is 0. The highest BCUT2D eigenvalue weighted by molar-refractivity contribution is 8.00. The van der Waals surface area contributed by atoms with E-state index in [2.05, 4.69) is 4.98 Å². The van der Waals surface area contributed by atoms with Crippen LogP contribution in [0.5, 0.6) is 5.75 Å². The van der Waals surface area contributed by atoms with Crippen molar-refractivity contribution in [2.75, 3.05) is 17.8 Å². The summed E-state index contributed by atoms with van der Waals surface area (Å²) in [4.78, 5) is 20.4. The van der Waals surface area contributed by atoms with Gasteiger partial charge in [0.1, 0.15) is 11.6 Å². The first-order chi connectivity index (χ1) is 14.6. The van der Waals surface area contributed by atoms with Crippen LogP contribution in [0.3, 0.4) is 0 Å². The molecule has 0 unspecified atom stereocenters. The monoisotopic (exact) mass is 438 g/mol. The van der Waals surface area contributed by atoms with Gasteiger partial charge in [-0.25, -0.2) is 9.37 Å². The molecule has 0 atom stereocenters. The highest BCUT2D eigenvalue weighted by Crippen LogP contribution is 2.31. The summed E-state index contributed by atoms with van der Waals surface area (Å²) in [6.45, 7) is 0.408. The van der Waals surface area contributed by atoms with Crippen molar-refractivity contribution in [3.8, 4) is 5.75 Å². The van der Waals surface area contributed by atoms with Gasteiger partial charge in [0.15, 0.2) is 5.13 Å². The summed E-state index contributed by atoms with van der Waals surface area (Å²) >= 11 is 2.78. The summed E-state index contributed by atoms with van der Waals surface area (Å²) in [5.41, 5.74) is 1.69. The predicted octanol–water partition coefficient (Wildman–Crippen LogP) is 5.77. The van der Waals surface area contributed by atoms with Crippen LogP contribution in [0.1, 0.15) is 5.56 Å². The van der Waals surface area contributed by atoms with Gasteiger partial charge in [0.05, 0.1) is 29.6 Å². The molecule has 4 aromatic rings. The van der Waals surface area contributed by atoms with Crippen molar-refractivity contribution >= 4 is 44.4 Å². The molecule has 0 fully saturated rings. The zero-order valence-electron chi connectivity index (χ0n) is 16.2. The number of hydrogen-bond acceptors (Lipinski definition) is 5. The number of carbonyl (C=O) groups excluding carboxylic acids is 1. The normalized spacial score (nSPS) is 10.9. The molecule has 0 N–H and O–H groups in total. The Morgan fingerprint density at radius 3 is 2.60 bits per heavy atom. The summed E-state index contributed by atoms with van der Waals surface area (Å²) in [6, 6.07) is 21.9. The third-order valence-electron chi connectivity index (χ3n) is 4.48. The number of fused-ring (bicyclic) bond motifs is 1. The zero-order valence-corrected chi connectivity index (χ0v) is 17.9. The molecule has 1 heterocycles. The average molecular weight is 439 g/mol. The van der Waals surface area contributed by atoms with Gasteiger partial charge < -0.3 is 4.74 Å². The first-order valence-corrected chi connectivity index (χ1v) is 11.1. The molecular weight excluding hydrogens is 419 g/mol. The molecule has 0 saturated heterocycles. The van der Waals surface area contributed by atoms with Crippen molar-refractivity contribution in [3.63, 3.8) is 0 Å². The molecule has 0 saturated carbocycles. The van der Waals surface area contributed by atoms with Gasteiger partial charge in [-0.2, -0.15) is 0 Å². The van der Waals surface area contributed by atoms with E-state index in [9.17, 15) is 9.18 Å². The molecular formula is C23H19FN2O2S2. The van der Waals surface area contributed by atoms with Crippen molar-refractivity contribution in [3.05, 3.63) is 84.2 Å². The van der Waals surface area contributed by atoms with Gasteiger partial charge in [-0.15, -0.1) is 11.8 Å². The number of halogens is 1. The van der Waals surface area contributed by atoms with Crippen molar-refractivity contribution in [1.82, 2.24) is 4.98 Å². The van der Waals surface area contributed by atoms with Gasteiger partial charge in [0.2, 0.25) is 5.91 Å². The number of thioether (sulfide) groups is 1. The van der Waals surface area contributed by atoms with E-state index in [1.54, 1.807) is 18.1 Å². The van der Waals surface area contributed by atoms with Gasteiger partial charge in [0.25, 0.3) is 0 Å². The molecule has 1 amide bonds. The molecule has 3 aromatic carbocycles. The Balaban J connectivity index is 1.57. The standard InChI is InChI=1S/C23H19FN2O2S2/c1-28-18-8-10-19(11-9-18)29-15-22(27)26(14-16-5-3-2-4-6-16)23-25-20-12-7-17(24)13-21(20)30-23/h2-13H,14-15H2,1H3. The van der Waals surface area contributed by atoms with Gasteiger partial charge in [-0.1, -0.05) is 41.7 Å². The molecule has 0 aliphatic carbocycles. The molecule has 1 aromatic heterocycles. The molecule has 0 aliphatic heterocycles. The number of hydrogen-bond donors (Lipinski definition) is 0. The zero-order chi connectivity index (χ0) is 20.9. The molecule has 0 bridgehead atoms. The third kappa shape index (κ3) is 4.80. The lowest BCUT2D eigenvalue weighted by Gasteiger charge is -2.20. The summed E-state index contributed by atoms with van der Waals surface area (Å²) in [7, 11) is 1.62. The van der Waals surface area contributed by atoms with Gasteiger partial charge in [-0.3, -0.25) is 9.69 Å². The number of carbonyl (C=O) groups is 1. The maximum Gasteiger partial charge on any atom is 0.239 e. The number of rotatable bonds is 7.